The minimum Gasteiger partial charge on any atom is -0.487 e. The van der Waals surface area contributed by atoms with Gasteiger partial charge in [0.05, 0.1) is 12.3 Å². The molecule has 0 aliphatic rings. The summed E-state index contributed by atoms with van der Waals surface area (Å²) in [5.41, 5.74) is 0.627. The van der Waals surface area contributed by atoms with Gasteiger partial charge in [-0.2, -0.15) is 8.78 Å². The topological polar surface area (TPSA) is 44.5 Å². The number of aromatic nitrogens is 1. The Morgan fingerprint density at radius 1 is 1.16 bits per heavy atom. The second kappa shape index (κ2) is 5.69. The largest absolute Gasteiger partial charge is 0.487 e. The highest BCUT2D eigenvalue weighted by molar-refractivity contribution is 5.59. The zero-order chi connectivity index (χ0) is 13.8. The van der Waals surface area contributed by atoms with Crippen LogP contribution in [0.3, 0.4) is 0 Å². The molecule has 19 heavy (non-hydrogen) atoms. The van der Waals surface area contributed by atoms with Crippen molar-refractivity contribution < 1.29 is 22.7 Å². The van der Waals surface area contributed by atoms with Crippen molar-refractivity contribution in [2.75, 3.05) is 0 Å². The Labute approximate surface area is 109 Å². The first-order chi connectivity index (χ1) is 9.06. The number of hydrogen-bond donors (Lipinski definition) is 0. The highest BCUT2D eigenvalue weighted by Gasteiger charge is 2.14. The van der Waals surface area contributed by atoms with E-state index in [1.807, 2.05) is 0 Å². The molecule has 0 fully saturated rings. The lowest BCUT2D eigenvalue weighted by atomic mass is 10.2. The van der Waals surface area contributed by atoms with Crippen molar-refractivity contribution >= 4 is 0 Å². The van der Waals surface area contributed by atoms with Crippen molar-refractivity contribution in [3.05, 3.63) is 30.7 Å². The normalized spacial score (nSPS) is 11.1. The van der Waals surface area contributed by atoms with Crippen molar-refractivity contribution in [1.82, 2.24) is 4.98 Å². The van der Waals surface area contributed by atoms with Gasteiger partial charge in [0.25, 0.3) is 0 Å². The molecule has 2 aromatic rings. The zero-order valence-electron chi connectivity index (χ0n) is 10.5. The molecule has 0 aliphatic heterocycles. The summed E-state index contributed by atoms with van der Waals surface area (Å²) in [4.78, 5) is 3.99. The number of hydrogen-bond acceptors (Lipinski definition) is 4. The Kier molecular flexibility index (Phi) is 3.99. The molecule has 2 rings (SSSR count). The van der Waals surface area contributed by atoms with Crippen LogP contribution in [0.25, 0.3) is 11.5 Å². The van der Waals surface area contributed by atoms with Crippen molar-refractivity contribution in [1.29, 1.82) is 0 Å². The predicted octanol–water partition coefficient (Wildman–Crippen LogP) is 3.73. The van der Waals surface area contributed by atoms with Crippen LogP contribution in [-0.4, -0.2) is 17.7 Å². The maximum atomic E-state index is 12.3. The maximum Gasteiger partial charge on any atom is 0.387 e. The molecule has 0 bridgehead atoms. The molecule has 0 amide bonds. The van der Waals surface area contributed by atoms with Gasteiger partial charge in [-0.05, 0) is 32.0 Å². The van der Waals surface area contributed by atoms with Crippen molar-refractivity contribution in [3.8, 4) is 23.0 Å². The van der Waals surface area contributed by atoms with E-state index in [0.717, 1.165) is 0 Å². The lowest BCUT2D eigenvalue weighted by molar-refractivity contribution is -0.0518. The van der Waals surface area contributed by atoms with Crippen LogP contribution in [0, 0.1) is 0 Å². The molecule has 0 spiro atoms. The number of rotatable bonds is 5. The predicted molar refractivity (Wildman–Crippen MR) is 64.3 cm³/mol. The molecule has 0 aliphatic carbocycles. The van der Waals surface area contributed by atoms with Crippen LogP contribution in [0.4, 0.5) is 8.78 Å². The van der Waals surface area contributed by atoms with Crippen LogP contribution in [0.2, 0.25) is 0 Å². The molecule has 0 saturated heterocycles. The van der Waals surface area contributed by atoms with Gasteiger partial charge < -0.3 is 13.9 Å². The number of benzene rings is 1. The Hall–Kier alpha value is -2.11. The molecule has 0 N–H and O–H groups in total. The summed E-state index contributed by atoms with van der Waals surface area (Å²) in [5.74, 6) is 0.599. The van der Waals surface area contributed by atoms with Crippen molar-refractivity contribution in [3.63, 3.8) is 0 Å². The molecule has 0 atom stereocenters. The summed E-state index contributed by atoms with van der Waals surface area (Å²) >= 11 is 0. The Morgan fingerprint density at radius 2 is 1.95 bits per heavy atom. The van der Waals surface area contributed by atoms with Crippen LogP contribution >= 0.6 is 0 Å². The monoisotopic (exact) mass is 269 g/mol. The number of halogens is 2. The van der Waals surface area contributed by atoms with E-state index < -0.39 is 6.61 Å². The molecular weight excluding hydrogens is 256 g/mol. The first-order valence-electron chi connectivity index (χ1n) is 5.71. The number of alkyl halides is 2. The van der Waals surface area contributed by atoms with E-state index in [-0.39, 0.29) is 17.6 Å². The van der Waals surface area contributed by atoms with Crippen molar-refractivity contribution in [2.45, 2.75) is 26.6 Å². The highest BCUT2D eigenvalue weighted by Crippen LogP contribution is 2.33. The average molecular weight is 269 g/mol. The Balaban J connectivity index is 2.35. The van der Waals surface area contributed by atoms with E-state index >= 15 is 0 Å². The number of nitrogens with zero attached hydrogens (tertiary/aromatic N) is 1. The quantitative estimate of drug-likeness (QED) is 0.829. The smallest absolute Gasteiger partial charge is 0.387 e. The first kappa shape index (κ1) is 13.3. The zero-order valence-corrected chi connectivity index (χ0v) is 10.5. The summed E-state index contributed by atoms with van der Waals surface area (Å²) in [5, 5.41) is 0. The van der Waals surface area contributed by atoms with E-state index in [1.54, 1.807) is 26.0 Å². The van der Waals surface area contributed by atoms with E-state index in [0.29, 0.717) is 11.5 Å². The van der Waals surface area contributed by atoms with Gasteiger partial charge in [0, 0.05) is 5.56 Å². The summed E-state index contributed by atoms with van der Waals surface area (Å²) in [7, 11) is 0. The Morgan fingerprint density at radius 3 is 2.53 bits per heavy atom. The van der Waals surface area contributed by atoms with Gasteiger partial charge >= 0.3 is 6.61 Å². The van der Waals surface area contributed by atoms with Gasteiger partial charge in [0.15, 0.2) is 11.5 Å². The van der Waals surface area contributed by atoms with Gasteiger partial charge in [-0.25, -0.2) is 4.98 Å². The van der Waals surface area contributed by atoms with Crippen LogP contribution < -0.4 is 9.47 Å². The Bertz CT molecular complexity index is 527. The van der Waals surface area contributed by atoms with Gasteiger partial charge in [-0.1, -0.05) is 0 Å². The third-order valence-electron chi connectivity index (χ3n) is 2.20. The molecule has 4 nitrogen and oxygen atoms in total. The summed E-state index contributed by atoms with van der Waals surface area (Å²) in [6.07, 6.45) is 2.77. The summed E-state index contributed by atoms with van der Waals surface area (Å²) in [6.45, 7) is 0.690. The molecule has 0 saturated carbocycles. The molecule has 1 aromatic carbocycles. The van der Waals surface area contributed by atoms with Gasteiger partial charge in [0.1, 0.15) is 6.26 Å². The molecule has 1 heterocycles. The lowest BCUT2D eigenvalue weighted by Crippen LogP contribution is -2.09. The molecular formula is C13H13F2NO3. The minimum absolute atomic E-state index is 0.0148. The summed E-state index contributed by atoms with van der Waals surface area (Å²) in [6, 6.07) is 4.55. The fourth-order valence-corrected chi connectivity index (χ4v) is 1.55. The van der Waals surface area contributed by atoms with Crippen LogP contribution in [-0.2, 0) is 0 Å². The third-order valence-corrected chi connectivity index (χ3v) is 2.20. The summed E-state index contributed by atoms with van der Waals surface area (Å²) < 4.78 is 39.6. The first-order valence-corrected chi connectivity index (χ1v) is 5.71. The lowest BCUT2D eigenvalue weighted by Gasteiger charge is -2.15. The van der Waals surface area contributed by atoms with E-state index in [1.165, 1.54) is 18.5 Å². The van der Waals surface area contributed by atoms with Crippen LogP contribution in [0.5, 0.6) is 11.5 Å². The third kappa shape index (κ3) is 3.43. The molecule has 1 aromatic heterocycles. The fraction of sp³-hybridized carbons (Fsp3) is 0.308. The van der Waals surface area contributed by atoms with E-state index in [4.69, 9.17) is 9.15 Å². The van der Waals surface area contributed by atoms with Gasteiger partial charge in [-0.15, -0.1) is 0 Å². The molecule has 0 unspecified atom stereocenters. The van der Waals surface area contributed by atoms with E-state index in [9.17, 15) is 8.78 Å². The highest BCUT2D eigenvalue weighted by atomic mass is 19.3. The fourth-order valence-electron chi connectivity index (χ4n) is 1.55. The maximum absolute atomic E-state index is 12.3. The average Bonchev–Trinajstić information content (AvgIpc) is 2.83. The standard InChI is InChI=1S/C13H13F2NO3/c1-8(2)18-11-7-9(12-16-5-6-17-12)3-4-10(11)19-13(14)15/h3-8,13H,1-2H3. The van der Waals surface area contributed by atoms with E-state index in [2.05, 4.69) is 9.72 Å². The van der Waals surface area contributed by atoms with Crippen molar-refractivity contribution in [2.24, 2.45) is 0 Å². The number of ether oxygens (including phenoxy) is 2. The molecule has 6 heteroatoms. The van der Waals surface area contributed by atoms with Gasteiger partial charge in [-0.3, -0.25) is 0 Å². The van der Waals surface area contributed by atoms with Gasteiger partial charge in [0.2, 0.25) is 5.89 Å². The number of oxazole rings is 1. The molecule has 102 valence electrons. The van der Waals surface area contributed by atoms with Crippen LogP contribution in [0.1, 0.15) is 13.8 Å². The minimum atomic E-state index is -2.90. The van der Waals surface area contributed by atoms with Crippen LogP contribution in [0.15, 0.2) is 35.1 Å². The molecule has 0 radical (unpaired) electrons. The second-order valence-corrected chi connectivity index (χ2v) is 4.04. The SMILES string of the molecule is CC(C)Oc1cc(-c2ncco2)ccc1OC(F)F. The second-order valence-electron chi connectivity index (χ2n) is 4.04.